The molecule has 66 valence electrons. The van der Waals surface area contributed by atoms with Crippen LogP contribution in [0, 0.1) is 0 Å². The molecule has 11 heavy (non-hydrogen) atoms. The second kappa shape index (κ2) is 3.51. The van der Waals surface area contributed by atoms with Gasteiger partial charge in [0.2, 0.25) is 0 Å². The Labute approximate surface area is 67.1 Å². The molecular formula is C6H13NO3S. The van der Waals surface area contributed by atoms with Crippen molar-refractivity contribution < 1.29 is 12.6 Å². The molecular weight excluding hydrogens is 166 g/mol. The van der Waals surface area contributed by atoms with Crippen LogP contribution in [0.5, 0.6) is 0 Å². The molecule has 0 spiro atoms. The summed E-state index contributed by atoms with van der Waals surface area (Å²) in [5.41, 5.74) is 0. The molecule has 1 aliphatic heterocycles. The summed E-state index contributed by atoms with van der Waals surface area (Å²) in [6, 6.07) is 0.0972. The fraction of sp³-hybridized carbons (Fsp3) is 1.00. The quantitative estimate of drug-likeness (QED) is 0.605. The number of rotatable bonds is 3. The fourth-order valence-corrected chi connectivity index (χ4v) is 2.13. The maximum absolute atomic E-state index is 10.9. The van der Waals surface area contributed by atoms with Crippen molar-refractivity contribution in [1.82, 2.24) is 5.32 Å². The molecule has 1 N–H and O–H groups in total. The molecule has 4 nitrogen and oxygen atoms in total. The van der Waals surface area contributed by atoms with E-state index in [2.05, 4.69) is 9.50 Å². The highest BCUT2D eigenvalue weighted by molar-refractivity contribution is 7.86. The van der Waals surface area contributed by atoms with Crippen molar-refractivity contribution in [1.29, 1.82) is 0 Å². The van der Waals surface area contributed by atoms with Gasteiger partial charge in [-0.2, -0.15) is 8.42 Å². The van der Waals surface area contributed by atoms with Crippen LogP contribution in [0.3, 0.4) is 0 Å². The molecule has 0 aromatic carbocycles. The van der Waals surface area contributed by atoms with Gasteiger partial charge in [0.05, 0.1) is 12.9 Å². The molecule has 0 aromatic heterocycles. The minimum atomic E-state index is -3.27. The Balaban J connectivity index is 2.41. The molecule has 1 fully saturated rings. The Kier molecular flexibility index (Phi) is 2.86. The molecule has 1 heterocycles. The predicted molar refractivity (Wildman–Crippen MR) is 41.8 cm³/mol. The highest BCUT2D eigenvalue weighted by Crippen LogP contribution is 2.07. The molecule has 0 amide bonds. The first-order chi connectivity index (χ1) is 5.14. The highest BCUT2D eigenvalue weighted by atomic mass is 32.2. The van der Waals surface area contributed by atoms with Crippen LogP contribution >= 0.6 is 0 Å². The van der Waals surface area contributed by atoms with Gasteiger partial charge in [-0.15, -0.1) is 0 Å². The molecule has 1 rings (SSSR count). The Morgan fingerprint density at radius 2 is 2.36 bits per heavy atom. The van der Waals surface area contributed by atoms with Gasteiger partial charge in [-0.1, -0.05) is 0 Å². The molecule has 0 aliphatic carbocycles. The van der Waals surface area contributed by atoms with E-state index in [4.69, 9.17) is 0 Å². The summed E-state index contributed by atoms with van der Waals surface area (Å²) in [7, 11) is -2.07. The van der Waals surface area contributed by atoms with Crippen molar-refractivity contribution in [3.63, 3.8) is 0 Å². The fourth-order valence-electron chi connectivity index (χ4n) is 1.21. The first kappa shape index (κ1) is 8.96. The van der Waals surface area contributed by atoms with Gasteiger partial charge in [0.25, 0.3) is 10.1 Å². The Bertz CT molecular complexity index is 206. The van der Waals surface area contributed by atoms with Crippen molar-refractivity contribution >= 4 is 10.1 Å². The van der Waals surface area contributed by atoms with Gasteiger partial charge in [-0.05, 0) is 19.4 Å². The van der Waals surface area contributed by atoms with Crippen molar-refractivity contribution in [3.05, 3.63) is 0 Å². The summed E-state index contributed by atoms with van der Waals surface area (Å²) >= 11 is 0. The van der Waals surface area contributed by atoms with E-state index < -0.39 is 10.1 Å². The normalized spacial score (nSPS) is 25.7. The average Bonchev–Trinajstić information content (AvgIpc) is 2.39. The van der Waals surface area contributed by atoms with Crippen molar-refractivity contribution in [2.75, 3.05) is 19.4 Å². The minimum Gasteiger partial charge on any atom is -0.313 e. The molecule has 0 saturated carbocycles. The molecule has 1 atom stereocenters. The van der Waals surface area contributed by atoms with E-state index in [1.807, 2.05) is 0 Å². The van der Waals surface area contributed by atoms with Crippen LogP contribution in [-0.2, 0) is 14.3 Å². The van der Waals surface area contributed by atoms with Crippen molar-refractivity contribution in [3.8, 4) is 0 Å². The lowest BCUT2D eigenvalue weighted by molar-refractivity contribution is 0.393. The number of hydrogen-bond donors (Lipinski definition) is 1. The van der Waals surface area contributed by atoms with Crippen molar-refractivity contribution in [2.24, 2.45) is 0 Å². The standard InChI is InChI=1S/C6H13NO3S/c1-10-11(8,9)5-6-3-2-4-7-6/h6-7H,2-5H2,1H3. The molecule has 0 bridgehead atoms. The largest absolute Gasteiger partial charge is 0.313 e. The van der Waals surface area contributed by atoms with E-state index >= 15 is 0 Å². The van der Waals surface area contributed by atoms with Crippen LogP contribution in [0.4, 0.5) is 0 Å². The molecule has 1 unspecified atom stereocenters. The topological polar surface area (TPSA) is 55.4 Å². The van der Waals surface area contributed by atoms with Gasteiger partial charge in [-0.3, -0.25) is 4.18 Å². The Hall–Kier alpha value is -0.130. The minimum absolute atomic E-state index is 0.0972. The van der Waals surface area contributed by atoms with Crippen LogP contribution in [0.25, 0.3) is 0 Å². The third kappa shape index (κ3) is 2.76. The molecule has 5 heteroatoms. The van der Waals surface area contributed by atoms with Gasteiger partial charge in [0.1, 0.15) is 0 Å². The summed E-state index contributed by atoms with van der Waals surface area (Å²) in [4.78, 5) is 0. The van der Waals surface area contributed by atoms with Crippen LogP contribution in [0.1, 0.15) is 12.8 Å². The maximum Gasteiger partial charge on any atom is 0.268 e. The summed E-state index contributed by atoms with van der Waals surface area (Å²) in [6.07, 6.45) is 1.99. The van der Waals surface area contributed by atoms with E-state index in [-0.39, 0.29) is 11.8 Å². The zero-order valence-corrected chi connectivity index (χ0v) is 7.36. The van der Waals surface area contributed by atoms with E-state index in [0.29, 0.717) is 0 Å². The van der Waals surface area contributed by atoms with Crippen LogP contribution in [0.2, 0.25) is 0 Å². The van der Waals surface area contributed by atoms with E-state index in [1.165, 1.54) is 7.11 Å². The molecule has 1 aliphatic rings. The summed E-state index contributed by atoms with van der Waals surface area (Å²) in [6.45, 7) is 0.921. The third-order valence-corrected chi connectivity index (χ3v) is 3.14. The van der Waals surface area contributed by atoms with Gasteiger partial charge in [0, 0.05) is 6.04 Å². The lowest BCUT2D eigenvalue weighted by Gasteiger charge is -2.08. The average molecular weight is 179 g/mol. The molecule has 0 aromatic rings. The number of hydrogen-bond acceptors (Lipinski definition) is 4. The first-order valence-electron chi connectivity index (χ1n) is 3.66. The zero-order valence-electron chi connectivity index (χ0n) is 6.54. The van der Waals surface area contributed by atoms with E-state index in [9.17, 15) is 8.42 Å². The second-order valence-electron chi connectivity index (χ2n) is 2.68. The maximum atomic E-state index is 10.9. The Morgan fingerprint density at radius 3 is 2.82 bits per heavy atom. The summed E-state index contributed by atoms with van der Waals surface area (Å²) in [5.74, 6) is 0.101. The lowest BCUT2D eigenvalue weighted by Crippen LogP contribution is -2.30. The van der Waals surface area contributed by atoms with E-state index in [0.717, 1.165) is 19.4 Å². The smallest absolute Gasteiger partial charge is 0.268 e. The van der Waals surface area contributed by atoms with Crippen molar-refractivity contribution in [2.45, 2.75) is 18.9 Å². The summed E-state index contributed by atoms with van der Waals surface area (Å²) < 4.78 is 26.1. The predicted octanol–water partition coefficient (Wildman–Crippen LogP) is -0.285. The van der Waals surface area contributed by atoms with Crippen LogP contribution < -0.4 is 5.32 Å². The molecule has 1 saturated heterocycles. The monoisotopic (exact) mass is 179 g/mol. The van der Waals surface area contributed by atoms with Gasteiger partial charge in [0.15, 0.2) is 0 Å². The third-order valence-electron chi connectivity index (χ3n) is 1.82. The SMILES string of the molecule is COS(=O)(=O)CC1CCCN1. The van der Waals surface area contributed by atoms with Crippen LogP contribution in [0.15, 0.2) is 0 Å². The second-order valence-corrected chi connectivity index (χ2v) is 4.47. The Morgan fingerprint density at radius 1 is 1.64 bits per heavy atom. The lowest BCUT2D eigenvalue weighted by atomic mass is 10.3. The summed E-state index contributed by atoms with van der Waals surface area (Å²) in [5, 5.41) is 3.09. The number of nitrogens with one attached hydrogen (secondary N) is 1. The van der Waals surface area contributed by atoms with Crippen LogP contribution in [-0.4, -0.2) is 33.9 Å². The van der Waals surface area contributed by atoms with Gasteiger partial charge in [-0.25, -0.2) is 0 Å². The molecule has 0 radical (unpaired) electrons. The zero-order chi connectivity index (χ0) is 8.32. The first-order valence-corrected chi connectivity index (χ1v) is 5.23. The highest BCUT2D eigenvalue weighted by Gasteiger charge is 2.21. The van der Waals surface area contributed by atoms with Gasteiger partial charge < -0.3 is 5.32 Å². The van der Waals surface area contributed by atoms with Gasteiger partial charge >= 0.3 is 0 Å². The van der Waals surface area contributed by atoms with E-state index in [1.54, 1.807) is 0 Å².